The number of amides is 1. The van der Waals surface area contributed by atoms with E-state index in [0.29, 0.717) is 95.1 Å². The molecule has 2 saturated heterocycles. The van der Waals surface area contributed by atoms with Gasteiger partial charge in [0.25, 0.3) is 0 Å². The number of hydrogen-bond donors (Lipinski definition) is 3. The van der Waals surface area contributed by atoms with E-state index in [1.165, 1.54) is 32.1 Å². The van der Waals surface area contributed by atoms with E-state index in [9.17, 15) is 4.79 Å². The third kappa shape index (κ3) is 11.0. The molecule has 10 heterocycles. The lowest BCUT2D eigenvalue weighted by atomic mass is 9.96. The zero-order chi connectivity index (χ0) is 49.2. The van der Waals surface area contributed by atoms with Crippen LogP contribution >= 0.6 is 0 Å². The molecule has 378 valence electrons. The molecular formula is C50H63N17O5. The second-order valence-corrected chi connectivity index (χ2v) is 19.5. The Morgan fingerprint density at radius 2 is 1.33 bits per heavy atom. The van der Waals surface area contributed by atoms with Gasteiger partial charge in [-0.05, 0) is 115 Å². The van der Waals surface area contributed by atoms with Crippen molar-refractivity contribution < 1.29 is 23.3 Å². The lowest BCUT2D eigenvalue weighted by Crippen LogP contribution is -2.47. The highest BCUT2D eigenvalue weighted by molar-refractivity contribution is 5.93. The van der Waals surface area contributed by atoms with Gasteiger partial charge in [0.05, 0.1) is 17.1 Å². The number of aromatic amines is 1. The summed E-state index contributed by atoms with van der Waals surface area (Å²) in [6.45, 7) is 14.9. The Kier molecular flexibility index (Phi) is 14.5. The fraction of sp³-hybridized carbons (Fsp3) is 0.500. The highest BCUT2D eigenvalue weighted by Crippen LogP contribution is 2.35. The summed E-state index contributed by atoms with van der Waals surface area (Å²) >= 11 is 0. The number of hydrogen-bond acceptors (Lipinski definition) is 19. The number of carbonyl (C=O) groups excluding carboxylic acids is 1. The van der Waals surface area contributed by atoms with Crippen molar-refractivity contribution in [3.05, 3.63) is 59.6 Å². The van der Waals surface area contributed by atoms with Gasteiger partial charge in [0, 0.05) is 68.8 Å². The summed E-state index contributed by atoms with van der Waals surface area (Å²) in [6.07, 6.45) is 14.0. The van der Waals surface area contributed by atoms with Gasteiger partial charge in [-0.3, -0.25) is 5.10 Å². The van der Waals surface area contributed by atoms with Gasteiger partial charge in [-0.2, -0.15) is 20.2 Å². The molecule has 3 N–H and O–H groups in total. The predicted molar refractivity (Wildman–Crippen MR) is 270 cm³/mol. The molecule has 8 aromatic heterocycles. The van der Waals surface area contributed by atoms with Gasteiger partial charge in [0.2, 0.25) is 35.3 Å². The van der Waals surface area contributed by atoms with E-state index in [1.54, 1.807) is 24.9 Å². The van der Waals surface area contributed by atoms with Crippen molar-refractivity contribution >= 4 is 40.1 Å². The molecule has 1 aliphatic carbocycles. The zero-order valence-corrected chi connectivity index (χ0v) is 41.2. The molecule has 1 saturated carbocycles. The summed E-state index contributed by atoms with van der Waals surface area (Å²) in [7, 11) is 0. The van der Waals surface area contributed by atoms with E-state index in [2.05, 4.69) is 56.1 Å². The summed E-state index contributed by atoms with van der Waals surface area (Å²) in [5.74, 6) is 2.99. The number of ether oxygens (including phenoxy) is 2. The molecule has 22 heteroatoms. The second-order valence-electron chi connectivity index (χ2n) is 19.5. The molecule has 3 fully saturated rings. The van der Waals surface area contributed by atoms with E-state index >= 15 is 0 Å². The van der Waals surface area contributed by atoms with Crippen LogP contribution in [0.15, 0.2) is 45.7 Å². The van der Waals surface area contributed by atoms with Crippen LogP contribution in [0.4, 0.5) is 16.7 Å². The molecule has 0 aromatic carbocycles. The van der Waals surface area contributed by atoms with Crippen LogP contribution in [0, 0.1) is 27.7 Å². The fourth-order valence-corrected chi connectivity index (χ4v) is 9.16. The molecular weight excluding hydrogens is 919 g/mol. The van der Waals surface area contributed by atoms with E-state index in [-0.39, 0.29) is 25.8 Å². The molecule has 2 atom stereocenters. The average Bonchev–Trinajstić information content (AvgIpc) is 4.19. The Bertz CT molecular complexity index is 3160. The third-order valence-corrected chi connectivity index (χ3v) is 12.7. The Morgan fingerprint density at radius 3 is 1.99 bits per heavy atom. The number of nitrogens with one attached hydrogen (secondary N) is 3. The standard InChI is InChI=1S/C29H37N9O4.C20H22N8O.CH4/c1-17-15-30-27(32-19-9-8-13-37(16-19)28(39)41-29(3,4)5)34-23(17)24-20-11-12-21(25-31-18(2)42-36-25)33-26(20)38(35-24)22-10-6-7-14-40-22;1-11-10-21-20(23-13-6-4-3-5-7-13)25-16(11)17-14-8-9-15(24-18(14)27-26-17)19-22-12(2)29-28-19;/h11-12,15,19,22H,6-10,13-14,16H2,1-5H3,(H,30,32,34);8-10,13H,3-7H2,1-2H3,(H,21,23,25)(H,24,26,27);1H4/t19-,22?;;/m0../s1. The van der Waals surface area contributed by atoms with Crippen molar-refractivity contribution in [2.75, 3.05) is 30.3 Å². The summed E-state index contributed by atoms with van der Waals surface area (Å²) < 4.78 is 23.8. The zero-order valence-electron chi connectivity index (χ0n) is 41.2. The Labute approximate surface area is 417 Å². The van der Waals surface area contributed by atoms with Gasteiger partial charge >= 0.3 is 6.09 Å². The maximum absolute atomic E-state index is 12.7. The van der Waals surface area contributed by atoms with Gasteiger partial charge in [-0.25, -0.2) is 39.4 Å². The van der Waals surface area contributed by atoms with Gasteiger partial charge in [-0.15, -0.1) is 0 Å². The number of fused-ring (bicyclic) bond motifs is 2. The largest absolute Gasteiger partial charge is 0.444 e. The van der Waals surface area contributed by atoms with Gasteiger partial charge < -0.3 is 34.1 Å². The van der Waals surface area contributed by atoms with E-state index < -0.39 is 5.60 Å². The lowest BCUT2D eigenvalue weighted by molar-refractivity contribution is -0.0368. The van der Waals surface area contributed by atoms with E-state index in [4.69, 9.17) is 38.6 Å². The molecule has 72 heavy (non-hydrogen) atoms. The molecule has 0 spiro atoms. The van der Waals surface area contributed by atoms with Crippen LogP contribution in [0.2, 0.25) is 0 Å². The smallest absolute Gasteiger partial charge is 0.410 e. The number of rotatable bonds is 9. The second kappa shape index (κ2) is 21.1. The molecule has 1 amide bonds. The maximum Gasteiger partial charge on any atom is 0.410 e. The number of pyridine rings is 2. The van der Waals surface area contributed by atoms with Gasteiger partial charge in [0.1, 0.15) is 22.7 Å². The molecule has 8 aromatic rings. The normalized spacial score (nSPS) is 17.6. The van der Waals surface area contributed by atoms with Crippen LogP contribution in [-0.2, 0) is 9.47 Å². The number of anilines is 2. The molecule has 0 radical (unpaired) electrons. The van der Waals surface area contributed by atoms with Crippen molar-refractivity contribution in [2.45, 2.75) is 144 Å². The van der Waals surface area contributed by atoms with Crippen LogP contribution in [0.3, 0.4) is 0 Å². The first-order chi connectivity index (χ1) is 34.3. The number of carbonyl (C=O) groups is 1. The fourth-order valence-electron chi connectivity index (χ4n) is 9.16. The van der Waals surface area contributed by atoms with Crippen LogP contribution in [0.5, 0.6) is 0 Å². The molecule has 11 rings (SSSR count). The number of H-pyrrole nitrogens is 1. The quantitative estimate of drug-likeness (QED) is 0.121. The first kappa shape index (κ1) is 49.5. The monoisotopic (exact) mass is 982 g/mol. The SMILES string of the molecule is C.Cc1nc(-c2ccc3c(-c4nc(NC5CCCCC5)ncc4C)[nH]nc3n2)no1.Cc1nc(-c2ccc3c(-c4nc(N[C@H]5CCCN(C(=O)OC(C)(C)C)C5)ncc4C)nn(C4CCCCO4)c3n2)no1. The molecule has 1 unspecified atom stereocenters. The Hall–Kier alpha value is -7.49. The van der Waals surface area contributed by atoms with Gasteiger partial charge in [0.15, 0.2) is 17.5 Å². The van der Waals surface area contributed by atoms with E-state index in [1.807, 2.05) is 69.8 Å². The number of aryl methyl sites for hydroxylation is 4. The van der Waals surface area contributed by atoms with Crippen LogP contribution < -0.4 is 10.6 Å². The van der Waals surface area contributed by atoms with E-state index in [0.717, 1.165) is 65.4 Å². The number of aromatic nitrogens is 14. The third-order valence-electron chi connectivity index (χ3n) is 12.7. The first-order valence-corrected chi connectivity index (χ1v) is 24.5. The summed E-state index contributed by atoms with van der Waals surface area (Å²) in [4.78, 5) is 51.2. The molecule has 2 aliphatic heterocycles. The predicted octanol–water partition coefficient (Wildman–Crippen LogP) is 9.53. The lowest BCUT2D eigenvalue weighted by Gasteiger charge is -2.34. The highest BCUT2D eigenvalue weighted by atomic mass is 16.6. The van der Waals surface area contributed by atoms with Crippen LogP contribution in [-0.4, -0.2) is 119 Å². The first-order valence-electron chi connectivity index (χ1n) is 24.5. The topological polar surface area (TPSA) is 265 Å². The maximum atomic E-state index is 12.7. The minimum absolute atomic E-state index is 0. The molecule has 0 bridgehead atoms. The average molecular weight is 982 g/mol. The minimum Gasteiger partial charge on any atom is -0.444 e. The summed E-state index contributed by atoms with van der Waals surface area (Å²) in [5, 5.41) is 29.1. The Morgan fingerprint density at radius 1 is 0.708 bits per heavy atom. The Balaban J connectivity index is 0.000000187. The van der Waals surface area contributed by atoms with Crippen molar-refractivity contribution in [1.29, 1.82) is 0 Å². The number of likely N-dealkylation sites (tertiary alicyclic amines) is 1. The molecule has 22 nitrogen and oxygen atoms in total. The van der Waals surface area contributed by atoms with Crippen molar-refractivity contribution in [2.24, 2.45) is 0 Å². The summed E-state index contributed by atoms with van der Waals surface area (Å²) in [6, 6.07) is 8.10. The van der Waals surface area contributed by atoms with Gasteiger partial charge in [-0.1, -0.05) is 37.0 Å². The minimum atomic E-state index is -0.540. The summed E-state index contributed by atoms with van der Waals surface area (Å²) in [5.41, 5.74) is 6.84. The number of nitrogens with zero attached hydrogens (tertiary/aromatic N) is 14. The number of piperidine rings is 1. The molecule has 3 aliphatic rings. The highest BCUT2D eigenvalue weighted by Gasteiger charge is 2.30. The van der Waals surface area contributed by atoms with Crippen LogP contribution in [0.1, 0.15) is 122 Å². The van der Waals surface area contributed by atoms with Crippen molar-refractivity contribution in [1.82, 2.24) is 75.1 Å². The van der Waals surface area contributed by atoms with Crippen molar-refractivity contribution in [3.63, 3.8) is 0 Å². The van der Waals surface area contributed by atoms with Crippen LogP contribution in [0.25, 0.3) is 67.9 Å². The van der Waals surface area contributed by atoms with Crippen molar-refractivity contribution in [3.8, 4) is 45.8 Å².